The lowest BCUT2D eigenvalue weighted by atomic mass is 10.1. The molecule has 1 aromatic heterocycles. The van der Waals surface area contributed by atoms with Gasteiger partial charge in [-0.25, -0.2) is 9.78 Å². The maximum Gasteiger partial charge on any atom is 0.335 e. The Bertz CT molecular complexity index is 1120. The van der Waals surface area contributed by atoms with E-state index in [4.69, 9.17) is 16.7 Å². The van der Waals surface area contributed by atoms with Crippen LogP contribution in [0.1, 0.15) is 28.2 Å². The maximum atomic E-state index is 12.7. The van der Waals surface area contributed by atoms with E-state index >= 15 is 0 Å². The fourth-order valence-electron chi connectivity index (χ4n) is 3.08. The summed E-state index contributed by atoms with van der Waals surface area (Å²) in [6, 6.07) is 11.8. The van der Waals surface area contributed by atoms with Crippen LogP contribution in [0, 0.1) is 0 Å². The van der Waals surface area contributed by atoms with E-state index in [2.05, 4.69) is 4.98 Å². The van der Waals surface area contributed by atoms with Crippen molar-refractivity contribution in [2.45, 2.75) is 13.0 Å². The number of allylic oxidation sites excluding steroid dienone is 1. The van der Waals surface area contributed by atoms with Crippen molar-refractivity contribution in [3.8, 4) is 0 Å². The molecule has 124 valence electrons. The second-order valence-electron chi connectivity index (χ2n) is 5.90. The van der Waals surface area contributed by atoms with Crippen LogP contribution in [0.3, 0.4) is 0 Å². The van der Waals surface area contributed by atoms with Crippen LogP contribution in [-0.4, -0.2) is 20.6 Å². The van der Waals surface area contributed by atoms with Crippen LogP contribution in [0.5, 0.6) is 0 Å². The third kappa shape index (κ3) is 2.72. The van der Waals surface area contributed by atoms with E-state index in [1.807, 2.05) is 24.3 Å². The van der Waals surface area contributed by atoms with Gasteiger partial charge in [0, 0.05) is 11.6 Å². The summed E-state index contributed by atoms with van der Waals surface area (Å²) < 4.78 is 1.64. The van der Waals surface area contributed by atoms with Gasteiger partial charge < -0.3 is 5.11 Å². The number of aromatic nitrogens is 2. The van der Waals surface area contributed by atoms with Crippen molar-refractivity contribution >= 4 is 40.1 Å². The summed E-state index contributed by atoms with van der Waals surface area (Å²) >= 11 is 6.03. The number of rotatable bonds is 2. The third-order valence-corrected chi connectivity index (χ3v) is 4.52. The molecule has 0 fully saturated rings. The molecule has 1 aliphatic rings. The lowest BCUT2D eigenvalue weighted by Crippen LogP contribution is -2.20. The highest BCUT2D eigenvalue weighted by Gasteiger charge is 2.21. The van der Waals surface area contributed by atoms with Crippen LogP contribution >= 0.6 is 11.6 Å². The van der Waals surface area contributed by atoms with Gasteiger partial charge in [0.05, 0.1) is 16.5 Å². The highest BCUT2D eigenvalue weighted by Crippen LogP contribution is 2.28. The first-order valence-corrected chi connectivity index (χ1v) is 8.15. The van der Waals surface area contributed by atoms with Crippen LogP contribution in [0.4, 0.5) is 0 Å². The lowest BCUT2D eigenvalue weighted by Gasteiger charge is -2.06. The van der Waals surface area contributed by atoms with Crippen molar-refractivity contribution in [3.63, 3.8) is 0 Å². The zero-order chi connectivity index (χ0) is 17.6. The maximum absolute atomic E-state index is 12.7. The molecule has 0 unspecified atom stereocenters. The quantitative estimate of drug-likeness (QED) is 0.763. The van der Waals surface area contributed by atoms with Crippen LogP contribution in [0.15, 0.2) is 47.3 Å². The number of carbonyl (C=O) groups is 1. The highest BCUT2D eigenvalue weighted by molar-refractivity contribution is 6.30. The number of halogens is 1. The second-order valence-corrected chi connectivity index (χ2v) is 6.34. The molecule has 0 atom stereocenters. The summed E-state index contributed by atoms with van der Waals surface area (Å²) in [4.78, 5) is 28.4. The van der Waals surface area contributed by atoms with Gasteiger partial charge in [0.1, 0.15) is 5.82 Å². The van der Waals surface area contributed by atoms with Crippen LogP contribution < -0.4 is 5.56 Å². The molecule has 5 nitrogen and oxygen atoms in total. The first-order valence-electron chi connectivity index (χ1n) is 7.77. The fraction of sp³-hybridized carbons (Fsp3) is 0.105. The third-order valence-electron chi connectivity index (χ3n) is 4.28. The van der Waals surface area contributed by atoms with E-state index in [1.54, 1.807) is 10.6 Å². The van der Waals surface area contributed by atoms with Gasteiger partial charge in [0.25, 0.3) is 5.56 Å². The van der Waals surface area contributed by atoms with E-state index in [0.717, 1.165) is 11.1 Å². The summed E-state index contributed by atoms with van der Waals surface area (Å²) in [5.41, 5.74) is 2.23. The van der Waals surface area contributed by atoms with Crippen molar-refractivity contribution < 1.29 is 9.90 Å². The predicted molar refractivity (Wildman–Crippen MR) is 96.9 cm³/mol. The molecule has 25 heavy (non-hydrogen) atoms. The van der Waals surface area contributed by atoms with Gasteiger partial charge in [0.2, 0.25) is 0 Å². The van der Waals surface area contributed by atoms with Crippen molar-refractivity contribution in [3.05, 3.63) is 74.8 Å². The largest absolute Gasteiger partial charge is 0.478 e. The molecule has 0 aliphatic carbocycles. The molecule has 0 saturated heterocycles. The van der Waals surface area contributed by atoms with Gasteiger partial charge in [-0.1, -0.05) is 23.7 Å². The number of benzene rings is 2. The Hall–Kier alpha value is -2.92. The molecule has 2 aromatic carbocycles. The van der Waals surface area contributed by atoms with Gasteiger partial charge in [-0.2, -0.15) is 0 Å². The minimum absolute atomic E-state index is 0.114. The van der Waals surface area contributed by atoms with Gasteiger partial charge in [-0.05, 0) is 54.0 Å². The normalized spacial score (nSPS) is 14.8. The Morgan fingerprint density at radius 1 is 1.24 bits per heavy atom. The molecule has 1 aliphatic heterocycles. The van der Waals surface area contributed by atoms with Crippen molar-refractivity contribution in [1.82, 2.24) is 9.55 Å². The molecule has 0 saturated carbocycles. The van der Waals surface area contributed by atoms with E-state index < -0.39 is 5.97 Å². The van der Waals surface area contributed by atoms with E-state index in [1.165, 1.54) is 18.2 Å². The molecular formula is C19H13ClN2O3. The van der Waals surface area contributed by atoms with Gasteiger partial charge in [-0.15, -0.1) is 0 Å². The average molecular weight is 353 g/mol. The van der Waals surface area contributed by atoms with Crippen LogP contribution in [-0.2, 0) is 6.54 Å². The summed E-state index contributed by atoms with van der Waals surface area (Å²) in [6.45, 7) is 0.560. The van der Waals surface area contributed by atoms with Crippen LogP contribution in [0.2, 0.25) is 5.02 Å². The van der Waals surface area contributed by atoms with E-state index in [9.17, 15) is 9.59 Å². The standard InChI is InChI=1S/C19H13ClN2O3/c20-14-3-1-2-11(9-14)8-12-6-7-22-17(12)21-16-10-13(19(24)25)4-5-15(16)18(22)23/h1-5,8-10H,6-7H2,(H,24,25)/b12-8+. The van der Waals surface area contributed by atoms with Gasteiger partial charge in [-0.3, -0.25) is 9.36 Å². The Labute approximate surface area is 147 Å². The number of hydrogen-bond acceptors (Lipinski definition) is 3. The summed E-state index contributed by atoms with van der Waals surface area (Å²) in [6.07, 6.45) is 2.65. The molecule has 6 heteroatoms. The van der Waals surface area contributed by atoms with E-state index in [-0.39, 0.29) is 11.1 Å². The first-order chi connectivity index (χ1) is 12.0. The monoisotopic (exact) mass is 352 g/mol. The summed E-state index contributed by atoms with van der Waals surface area (Å²) in [7, 11) is 0. The molecule has 0 bridgehead atoms. The summed E-state index contributed by atoms with van der Waals surface area (Å²) in [5, 5.41) is 10.2. The molecule has 2 heterocycles. The Kier molecular flexibility index (Phi) is 3.66. The molecule has 0 radical (unpaired) electrons. The number of hydrogen-bond donors (Lipinski definition) is 1. The lowest BCUT2D eigenvalue weighted by molar-refractivity contribution is 0.0697. The Balaban J connectivity index is 1.90. The van der Waals surface area contributed by atoms with Crippen LogP contribution in [0.25, 0.3) is 22.6 Å². The molecular weight excluding hydrogens is 340 g/mol. The molecule has 0 spiro atoms. The van der Waals surface area contributed by atoms with Gasteiger partial charge in [0.15, 0.2) is 0 Å². The van der Waals surface area contributed by atoms with Crippen molar-refractivity contribution in [2.24, 2.45) is 0 Å². The summed E-state index contributed by atoms with van der Waals surface area (Å²) in [5.74, 6) is -0.459. The molecule has 1 N–H and O–H groups in total. The highest BCUT2D eigenvalue weighted by atomic mass is 35.5. The van der Waals surface area contributed by atoms with E-state index in [0.29, 0.717) is 34.7 Å². The topological polar surface area (TPSA) is 72.2 Å². The Morgan fingerprint density at radius 3 is 2.84 bits per heavy atom. The SMILES string of the molecule is O=C(O)c1ccc2c(=O)n3c(nc2c1)/C(=C/c1cccc(Cl)c1)CC3. The van der Waals surface area contributed by atoms with Gasteiger partial charge >= 0.3 is 5.97 Å². The van der Waals surface area contributed by atoms with Crippen molar-refractivity contribution in [1.29, 1.82) is 0 Å². The molecule has 4 rings (SSSR count). The minimum Gasteiger partial charge on any atom is -0.478 e. The first kappa shape index (κ1) is 15.6. The Morgan fingerprint density at radius 2 is 2.08 bits per heavy atom. The number of fused-ring (bicyclic) bond motifs is 2. The number of nitrogens with zero attached hydrogens (tertiary/aromatic N) is 2. The van der Waals surface area contributed by atoms with Crippen molar-refractivity contribution in [2.75, 3.05) is 0 Å². The minimum atomic E-state index is -1.04. The molecule has 3 aromatic rings. The molecule has 0 amide bonds. The number of carboxylic acid groups (broad SMARTS) is 1. The fourth-order valence-corrected chi connectivity index (χ4v) is 3.28. The number of carboxylic acids is 1. The second kappa shape index (κ2) is 5.86. The average Bonchev–Trinajstić information content (AvgIpc) is 2.97. The smallest absolute Gasteiger partial charge is 0.335 e. The zero-order valence-electron chi connectivity index (χ0n) is 13.1. The predicted octanol–water partition coefficient (Wildman–Crippen LogP) is 3.69. The zero-order valence-corrected chi connectivity index (χ0v) is 13.8. The number of aromatic carboxylic acids is 1.